The second-order valence-corrected chi connectivity index (χ2v) is 7.98. The average Bonchev–Trinajstić information content (AvgIpc) is 2.55. The van der Waals surface area contributed by atoms with Gasteiger partial charge in [-0.2, -0.15) is 0 Å². The van der Waals surface area contributed by atoms with Gasteiger partial charge in [-0.15, -0.1) is 0 Å². The maximum Gasteiger partial charge on any atom is 0.248 e. The molecule has 2 aromatic rings. The smallest absolute Gasteiger partial charge is 0.248 e. The Morgan fingerprint density at radius 1 is 1.04 bits per heavy atom. The SMILES string of the molecule is NC(=O)c1ccc(S(=O)(=O)NCC2(c3ccccc3)CCC2)cc1. The lowest BCUT2D eigenvalue weighted by Gasteiger charge is -2.42. The maximum absolute atomic E-state index is 12.5. The standard InChI is InChI=1S/C18H20N2O3S/c19-17(21)14-7-9-16(10-8-14)24(22,23)20-13-18(11-4-12-18)15-5-2-1-3-6-15/h1-3,5-10,20H,4,11-13H2,(H2,19,21). The van der Waals surface area contributed by atoms with E-state index in [1.807, 2.05) is 18.2 Å². The third-order valence-corrected chi connectivity index (χ3v) is 6.16. The first-order chi connectivity index (χ1) is 11.4. The van der Waals surface area contributed by atoms with Gasteiger partial charge in [-0.05, 0) is 42.7 Å². The van der Waals surface area contributed by atoms with Gasteiger partial charge in [-0.25, -0.2) is 13.1 Å². The predicted octanol–water partition coefficient (Wildman–Crippen LogP) is 2.19. The van der Waals surface area contributed by atoms with Crippen LogP contribution in [0.3, 0.4) is 0 Å². The molecular weight excluding hydrogens is 324 g/mol. The average molecular weight is 344 g/mol. The van der Waals surface area contributed by atoms with Gasteiger partial charge >= 0.3 is 0 Å². The Labute approximate surface area is 141 Å². The van der Waals surface area contributed by atoms with E-state index in [0.29, 0.717) is 6.54 Å². The molecule has 1 aliphatic carbocycles. The van der Waals surface area contributed by atoms with Gasteiger partial charge in [0.2, 0.25) is 15.9 Å². The Morgan fingerprint density at radius 3 is 2.17 bits per heavy atom. The first kappa shape index (κ1) is 16.7. The van der Waals surface area contributed by atoms with Gasteiger partial charge in [0.15, 0.2) is 0 Å². The molecule has 1 amide bonds. The molecule has 1 fully saturated rings. The molecule has 0 heterocycles. The molecule has 2 aromatic carbocycles. The fourth-order valence-corrected chi connectivity index (χ4v) is 4.20. The topological polar surface area (TPSA) is 89.3 Å². The molecule has 3 rings (SSSR count). The minimum atomic E-state index is -3.62. The maximum atomic E-state index is 12.5. The van der Waals surface area contributed by atoms with Crippen LogP contribution in [0.25, 0.3) is 0 Å². The van der Waals surface area contributed by atoms with Crippen LogP contribution in [0.4, 0.5) is 0 Å². The molecule has 24 heavy (non-hydrogen) atoms. The summed E-state index contributed by atoms with van der Waals surface area (Å²) in [5, 5.41) is 0. The molecule has 0 spiro atoms. The number of hydrogen-bond acceptors (Lipinski definition) is 3. The molecule has 0 radical (unpaired) electrons. The minimum Gasteiger partial charge on any atom is -0.366 e. The second-order valence-electron chi connectivity index (χ2n) is 6.21. The summed E-state index contributed by atoms with van der Waals surface area (Å²) < 4.78 is 27.7. The monoisotopic (exact) mass is 344 g/mol. The van der Waals surface area contributed by atoms with Crippen LogP contribution in [-0.2, 0) is 15.4 Å². The number of carbonyl (C=O) groups excluding carboxylic acids is 1. The highest BCUT2D eigenvalue weighted by Gasteiger charge is 2.39. The van der Waals surface area contributed by atoms with Crippen molar-refractivity contribution in [2.45, 2.75) is 29.6 Å². The lowest BCUT2D eigenvalue weighted by atomic mass is 9.64. The van der Waals surface area contributed by atoms with Crippen molar-refractivity contribution in [2.75, 3.05) is 6.54 Å². The van der Waals surface area contributed by atoms with Crippen molar-refractivity contribution in [3.63, 3.8) is 0 Å². The summed E-state index contributed by atoms with van der Waals surface area (Å²) in [5.74, 6) is -0.579. The van der Waals surface area contributed by atoms with E-state index in [0.717, 1.165) is 19.3 Å². The molecule has 3 N–H and O–H groups in total. The summed E-state index contributed by atoms with van der Waals surface area (Å²) in [7, 11) is -3.62. The van der Waals surface area contributed by atoms with E-state index >= 15 is 0 Å². The summed E-state index contributed by atoms with van der Waals surface area (Å²) >= 11 is 0. The van der Waals surface area contributed by atoms with E-state index < -0.39 is 15.9 Å². The van der Waals surface area contributed by atoms with Crippen molar-refractivity contribution in [1.29, 1.82) is 0 Å². The Kier molecular flexibility index (Phi) is 4.43. The number of amides is 1. The second kappa shape index (κ2) is 6.37. The van der Waals surface area contributed by atoms with Gasteiger partial charge in [-0.1, -0.05) is 36.8 Å². The van der Waals surface area contributed by atoms with E-state index in [1.54, 1.807) is 0 Å². The van der Waals surface area contributed by atoms with E-state index in [4.69, 9.17) is 5.73 Å². The van der Waals surface area contributed by atoms with Crippen molar-refractivity contribution < 1.29 is 13.2 Å². The Bertz CT molecular complexity index is 826. The summed E-state index contributed by atoms with van der Waals surface area (Å²) in [5.41, 5.74) is 6.51. The van der Waals surface area contributed by atoms with Crippen LogP contribution in [0.15, 0.2) is 59.5 Å². The number of rotatable bonds is 6. The van der Waals surface area contributed by atoms with Crippen LogP contribution >= 0.6 is 0 Å². The van der Waals surface area contributed by atoms with Gasteiger partial charge in [0.1, 0.15) is 0 Å². The summed E-state index contributed by atoms with van der Waals surface area (Å²) in [6.07, 6.45) is 3.05. The molecule has 0 saturated heterocycles. The highest BCUT2D eigenvalue weighted by atomic mass is 32.2. The number of benzene rings is 2. The van der Waals surface area contributed by atoms with Gasteiger partial charge in [-0.3, -0.25) is 4.79 Å². The first-order valence-electron chi connectivity index (χ1n) is 7.88. The number of nitrogens with two attached hydrogens (primary N) is 1. The summed E-state index contributed by atoms with van der Waals surface area (Å²) in [4.78, 5) is 11.2. The van der Waals surface area contributed by atoms with Crippen molar-refractivity contribution in [2.24, 2.45) is 5.73 Å². The summed E-state index contributed by atoms with van der Waals surface area (Å²) in [6.45, 7) is 0.372. The highest BCUT2D eigenvalue weighted by molar-refractivity contribution is 7.89. The lowest BCUT2D eigenvalue weighted by Crippen LogP contribution is -2.45. The van der Waals surface area contributed by atoms with Crippen molar-refractivity contribution >= 4 is 15.9 Å². The van der Waals surface area contributed by atoms with Crippen molar-refractivity contribution in [3.05, 3.63) is 65.7 Å². The zero-order chi connectivity index (χ0) is 17.2. The normalized spacial score (nSPS) is 16.3. The van der Waals surface area contributed by atoms with Gasteiger partial charge < -0.3 is 5.73 Å². The van der Waals surface area contributed by atoms with Gasteiger partial charge in [0.05, 0.1) is 4.90 Å². The molecular formula is C18H20N2O3S. The van der Waals surface area contributed by atoms with Crippen LogP contribution in [0.1, 0.15) is 35.2 Å². The third-order valence-electron chi connectivity index (χ3n) is 4.75. The zero-order valence-corrected chi connectivity index (χ0v) is 14.1. The van der Waals surface area contributed by atoms with E-state index in [2.05, 4.69) is 16.9 Å². The quantitative estimate of drug-likeness (QED) is 0.842. The molecule has 0 bridgehead atoms. The lowest BCUT2D eigenvalue weighted by molar-refractivity contribution is 0.1000. The molecule has 1 aliphatic rings. The number of carbonyl (C=O) groups is 1. The summed E-state index contributed by atoms with van der Waals surface area (Å²) in [6, 6.07) is 15.7. The van der Waals surface area contributed by atoms with Crippen LogP contribution in [0.2, 0.25) is 0 Å². The van der Waals surface area contributed by atoms with Crippen LogP contribution < -0.4 is 10.5 Å². The van der Waals surface area contributed by atoms with E-state index in [1.165, 1.54) is 29.8 Å². The van der Waals surface area contributed by atoms with Crippen molar-refractivity contribution in [1.82, 2.24) is 4.72 Å². The molecule has 0 aromatic heterocycles. The first-order valence-corrected chi connectivity index (χ1v) is 9.36. The van der Waals surface area contributed by atoms with E-state index in [9.17, 15) is 13.2 Å². The highest BCUT2D eigenvalue weighted by Crippen LogP contribution is 2.43. The molecule has 0 atom stereocenters. The minimum absolute atomic E-state index is 0.124. The number of hydrogen-bond donors (Lipinski definition) is 2. The molecule has 6 heteroatoms. The largest absolute Gasteiger partial charge is 0.366 e. The predicted molar refractivity (Wildman–Crippen MR) is 92.1 cm³/mol. The number of nitrogens with one attached hydrogen (secondary N) is 1. The fraction of sp³-hybridized carbons (Fsp3) is 0.278. The van der Waals surface area contributed by atoms with Crippen LogP contribution in [0, 0.1) is 0 Å². The van der Waals surface area contributed by atoms with Gasteiger partial charge in [0, 0.05) is 17.5 Å². The Hall–Kier alpha value is -2.18. The van der Waals surface area contributed by atoms with Gasteiger partial charge in [0.25, 0.3) is 0 Å². The fourth-order valence-electron chi connectivity index (χ4n) is 3.08. The molecule has 0 unspecified atom stereocenters. The number of primary amides is 1. The third kappa shape index (κ3) is 3.20. The van der Waals surface area contributed by atoms with Crippen LogP contribution in [0.5, 0.6) is 0 Å². The van der Waals surface area contributed by atoms with Crippen LogP contribution in [-0.4, -0.2) is 20.9 Å². The number of sulfonamides is 1. The molecule has 5 nitrogen and oxygen atoms in total. The molecule has 0 aliphatic heterocycles. The van der Waals surface area contributed by atoms with E-state index in [-0.39, 0.29) is 15.9 Å². The van der Waals surface area contributed by atoms with Crippen molar-refractivity contribution in [3.8, 4) is 0 Å². The molecule has 1 saturated carbocycles. The molecule has 126 valence electrons. The zero-order valence-electron chi connectivity index (χ0n) is 13.2. The Balaban J connectivity index is 1.76. The Morgan fingerprint density at radius 2 is 1.67 bits per heavy atom.